The predicted octanol–water partition coefficient (Wildman–Crippen LogP) is 4.21. The molecule has 7 nitrogen and oxygen atoms in total. The molecule has 1 aliphatic rings. The lowest BCUT2D eigenvalue weighted by atomic mass is 9.72. The first kappa shape index (κ1) is 22.7. The van der Waals surface area contributed by atoms with Crippen molar-refractivity contribution in [1.29, 1.82) is 0 Å². The largest absolute Gasteiger partial charge is 0.478 e. The van der Waals surface area contributed by atoms with Gasteiger partial charge in [0.1, 0.15) is 5.60 Å². The molecule has 7 heteroatoms. The van der Waals surface area contributed by atoms with Gasteiger partial charge in [0.05, 0.1) is 5.56 Å². The Kier molecular flexibility index (Phi) is 6.93. The maximum Gasteiger partial charge on any atom is 0.407 e. The Balaban J connectivity index is 2.09. The summed E-state index contributed by atoms with van der Waals surface area (Å²) in [6.07, 6.45) is 0.824. The van der Waals surface area contributed by atoms with Crippen molar-refractivity contribution in [2.24, 2.45) is 17.8 Å². The number of rotatable bonds is 4. The molecule has 0 aromatic heterocycles. The van der Waals surface area contributed by atoms with Gasteiger partial charge in [0, 0.05) is 17.6 Å². The van der Waals surface area contributed by atoms with Gasteiger partial charge in [-0.1, -0.05) is 13.8 Å². The first-order valence-corrected chi connectivity index (χ1v) is 10.0. The fraction of sp³-hybridized carbons (Fsp3) is 0.591. The maximum atomic E-state index is 12.9. The highest BCUT2D eigenvalue weighted by molar-refractivity contribution is 5.95. The number of aryl methyl sites for hydroxylation is 1. The highest BCUT2D eigenvalue weighted by atomic mass is 16.6. The summed E-state index contributed by atoms with van der Waals surface area (Å²) >= 11 is 0. The molecule has 3 N–H and O–H groups in total. The van der Waals surface area contributed by atoms with E-state index in [9.17, 15) is 19.5 Å². The normalized spacial score (nSPS) is 24.5. The van der Waals surface area contributed by atoms with E-state index in [1.54, 1.807) is 19.1 Å². The zero-order valence-electron chi connectivity index (χ0n) is 18.0. The number of carbonyl (C=O) groups excluding carboxylic acids is 2. The molecule has 0 unspecified atom stereocenters. The van der Waals surface area contributed by atoms with Crippen LogP contribution < -0.4 is 10.6 Å². The maximum absolute atomic E-state index is 12.9. The van der Waals surface area contributed by atoms with Gasteiger partial charge in [-0.15, -0.1) is 0 Å². The Bertz CT molecular complexity index is 784. The van der Waals surface area contributed by atoms with Gasteiger partial charge < -0.3 is 20.5 Å². The van der Waals surface area contributed by atoms with Crippen LogP contribution in [0, 0.1) is 24.7 Å². The van der Waals surface area contributed by atoms with Crippen LogP contribution in [-0.4, -0.2) is 34.7 Å². The van der Waals surface area contributed by atoms with Crippen molar-refractivity contribution in [1.82, 2.24) is 5.32 Å². The third-order valence-corrected chi connectivity index (χ3v) is 5.26. The number of carboxylic acid groups (broad SMARTS) is 1. The van der Waals surface area contributed by atoms with E-state index >= 15 is 0 Å². The van der Waals surface area contributed by atoms with E-state index in [-0.39, 0.29) is 35.3 Å². The summed E-state index contributed by atoms with van der Waals surface area (Å²) < 4.78 is 5.35. The van der Waals surface area contributed by atoms with Crippen LogP contribution in [0.4, 0.5) is 10.5 Å². The molecule has 1 aromatic rings. The predicted molar refractivity (Wildman–Crippen MR) is 111 cm³/mol. The molecule has 0 heterocycles. The number of carbonyl (C=O) groups is 3. The third kappa shape index (κ3) is 6.48. The number of hydrogen-bond donors (Lipinski definition) is 3. The SMILES string of the molecule is Cc1cc(NC(=O)[C@H]2C[C@H](NC(=O)OC(C)(C)C)[C@@H](C)C[C@H]2C)cc(C(=O)O)c1. The average molecular weight is 405 g/mol. The molecule has 0 bridgehead atoms. The molecule has 0 radical (unpaired) electrons. The van der Waals surface area contributed by atoms with Crippen LogP contribution in [0.5, 0.6) is 0 Å². The number of hydrogen-bond acceptors (Lipinski definition) is 4. The first-order chi connectivity index (χ1) is 13.4. The molecule has 1 aliphatic carbocycles. The number of alkyl carbamates (subject to hydrolysis) is 1. The van der Waals surface area contributed by atoms with Gasteiger partial charge >= 0.3 is 12.1 Å². The Morgan fingerprint density at radius 1 is 1.07 bits per heavy atom. The highest BCUT2D eigenvalue weighted by Crippen LogP contribution is 2.35. The van der Waals surface area contributed by atoms with Gasteiger partial charge in [0.25, 0.3) is 0 Å². The highest BCUT2D eigenvalue weighted by Gasteiger charge is 2.38. The average Bonchev–Trinajstić information content (AvgIpc) is 2.54. The molecule has 0 saturated heterocycles. The van der Waals surface area contributed by atoms with Crippen molar-refractivity contribution in [3.63, 3.8) is 0 Å². The minimum atomic E-state index is -1.04. The minimum absolute atomic E-state index is 0.134. The third-order valence-electron chi connectivity index (χ3n) is 5.26. The number of amides is 2. The van der Waals surface area contributed by atoms with Crippen LogP contribution >= 0.6 is 0 Å². The van der Waals surface area contributed by atoms with Gasteiger partial charge in [-0.2, -0.15) is 0 Å². The van der Waals surface area contributed by atoms with Crippen molar-refractivity contribution in [2.45, 2.75) is 66.0 Å². The molecule has 2 rings (SSSR count). The molecular formula is C22H32N2O5. The summed E-state index contributed by atoms with van der Waals surface area (Å²) in [4.78, 5) is 36.4. The van der Waals surface area contributed by atoms with Crippen molar-refractivity contribution < 1.29 is 24.2 Å². The van der Waals surface area contributed by atoms with Crippen molar-refractivity contribution in [3.8, 4) is 0 Å². The molecule has 4 atom stereocenters. The molecule has 2 amide bonds. The molecule has 1 saturated carbocycles. The Morgan fingerprint density at radius 2 is 1.72 bits per heavy atom. The number of benzene rings is 1. The second-order valence-corrected chi connectivity index (χ2v) is 9.17. The summed E-state index contributed by atoms with van der Waals surface area (Å²) in [7, 11) is 0. The monoisotopic (exact) mass is 404 g/mol. The topological polar surface area (TPSA) is 105 Å². The fourth-order valence-corrected chi connectivity index (χ4v) is 3.89. The lowest BCUT2D eigenvalue weighted by Gasteiger charge is -2.38. The standard InChI is InChI=1S/C22H32N2O5/c1-12-7-15(20(26)27)10-16(8-12)23-19(25)17-11-18(14(3)9-13(17)2)24-21(28)29-22(4,5)6/h7-8,10,13-14,17-18H,9,11H2,1-6H3,(H,23,25)(H,24,28)(H,26,27)/t13-,14+,17+,18+/m1/s1. The zero-order valence-corrected chi connectivity index (χ0v) is 18.0. The minimum Gasteiger partial charge on any atom is -0.478 e. The summed E-state index contributed by atoms with van der Waals surface area (Å²) in [6.45, 7) is 11.3. The van der Waals surface area contributed by atoms with E-state index in [1.165, 1.54) is 6.07 Å². The van der Waals surface area contributed by atoms with Crippen molar-refractivity contribution in [3.05, 3.63) is 29.3 Å². The van der Waals surface area contributed by atoms with E-state index in [2.05, 4.69) is 17.6 Å². The summed E-state index contributed by atoms with van der Waals surface area (Å²) in [5.41, 5.74) is 0.777. The Hall–Kier alpha value is -2.57. The van der Waals surface area contributed by atoms with Crippen molar-refractivity contribution in [2.75, 3.05) is 5.32 Å². The molecule has 1 aromatic carbocycles. The molecule has 29 heavy (non-hydrogen) atoms. The number of carboxylic acids is 1. The number of aromatic carboxylic acids is 1. The zero-order chi connectivity index (χ0) is 21.9. The molecule has 0 spiro atoms. The van der Waals surface area contributed by atoms with Gasteiger partial charge in [-0.05, 0) is 76.1 Å². The van der Waals surface area contributed by atoms with E-state index in [1.807, 2.05) is 27.7 Å². The van der Waals surface area contributed by atoms with Crippen LogP contribution in [0.2, 0.25) is 0 Å². The molecule has 1 fully saturated rings. The van der Waals surface area contributed by atoms with Gasteiger partial charge in [-0.25, -0.2) is 9.59 Å². The van der Waals surface area contributed by atoms with Crippen LogP contribution in [0.25, 0.3) is 0 Å². The van der Waals surface area contributed by atoms with Crippen LogP contribution in [0.15, 0.2) is 18.2 Å². The lowest BCUT2D eigenvalue weighted by molar-refractivity contribution is -0.123. The molecule has 0 aliphatic heterocycles. The van der Waals surface area contributed by atoms with Gasteiger partial charge in [-0.3, -0.25) is 4.79 Å². The van der Waals surface area contributed by atoms with Crippen LogP contribution in [0.1, 0.15) is 63.4 Å². The van der Waals surface area contributed by atoms with E-state index in [0.29, 0.717) is 12.1 Å². The Morgan fingerprint density at radius 3 is 2.31 bits per heavy atom. The lowest BCUT2D eigenvalue weighted by Crippen LogP contribution is -2.49. The van der Waals surface area contributed by atoms with E-state index in [4.69, 9.17) is 4.74 Å². The van der Waals surface area contributed by atoms with Crippen molar-refractivity contribution >= 4 is 23.7 Å². The van der Waals surface area contributed by atoms with Crippen LogP contribution in [-0.2, 0) is 9.53 Å². The van der Waals surface area contributed by atoms with E-state index in [0.717, 1.165) is 12.0 Å². The second kappa shape index (κ2) is 8.84. The molecular weight excluding hydrogens is 372 g/mol. The quantitative estimate of drug-likeness (QED) is 0.697. The summed E-state index contributed by atoms with van der Waals surface area (Å²) in [5, 5.41) is 15.0. The Labute approximate surface area is 172 Å². The fourth-order valence-electron chi connectivity index (χ4n) is 3.89. The number of ether oxygens (including phenoxy) is 1. The smallest absolute Gasteiger partial charge is 0.407 e. The van der Waals surface area contributed by atoms with E-state index < -0.39 is 17.7 Å². The molecule has 160 valence electrons. The summed E-state index contributed by atoms with van der Waals surface area (Å²) in [6, 6.07) is 4.60. The number of nitrogens with one attached hydrogen (secondary N) is 2. The first-order valence-electron chi connectivity index (χ1n) is 10.0. The van der Waals surface area contributed by atoms with Crippen LogP contribution in [0.3, 0.4) is 0 Å². The van der Waals surface area contributed by atoms with Gasteiger partial charge in [0.15, 0.2) is 0 Å². The van der Waals surface area contributed by atoms with Gasteiger partial charge in [0.2, 0.25) is 5.91 Å². The second-order valence-electron chi connectivity index (χ2n) is 9.17. The summed E-state index contributed by atoms with van der Waals surface area (Å²) in [5.74, 6) is -1.13. The number of anilines is 1.